The Kier molecular flexibility index (Phi) is 14.6. The molecule has 0 bridgehead atoms. The van der Waals surface area contributed by atoms with Crippen molar-refractivity contribution in [1.29, 1.82) is 5.26 Å². The van der Waals surface area contributed by atoms with Crippen molar-refractivity contribution in [2.75, 3.05) is 11.5 Å². The maximum atomic E-state index is 10.1. The van der Waals surface area contributed by atoms with Gasteiger partial charge in [-0.05, 0) is 41.8 Å². The Labute approximate surface area is 251 Å². The van der Waals surface area contributed by atoms with Crippen molar-refractivity contribution in [3.63, 3.8) is 0 Å². The van der Waals surface area contributed by atoms with Gasteiger partial charge in [0, 0.05) is 21.1 Å². The number of hydrogen-bond acceptors (Lipinski definition) is 7. The summed E-state index contributed by atoms with van der Waals surface area (Å²) in [7, 11) is 0. The fourth-order valence-electron chi connectivity index (χ4n) is 3.67. The number of thioether (sulfide) groups is 2. The number of aryl methyl sites for hydroxylation is 1. The lowest BCUT2D eigenvalue weighted by atomic mass is 9.86. The van der Waals surface area contributed by atoms with E-state index in [0.717, 1.165) is 52.9 Å². The average molecular weight is 595 g/mol. The van der Waals surface area contributed by atoms with Crippen LogP contribution in [-0.4, -0.2) is 15.7 Å². The molecule has 1 aliphatic heterocycles. The zero-order valence-electron chi connectivity index (χ0n) is 22.2. The summed E-state index contributed by atoms with van der Waals surface area (Å²) >= 11 is 14.9. The summed E-state index contributed by atoms with van der Waals surface area (Å²) in [6.07, 6.45) is 1.85. The first-order valence-electron chi connectivity index (χ1n) is 12.4. The van der Waals surface area contributed by atoms with Crippen LogP contribution in [0.15, 0.2) is 106 Å². The largest absolute Gasteiger partial charge is 0.349 e. The molecule has 0 radical (unpaired) electrons. The second-order valence-corrected chi connectivity index (χ2v) is 12.2. The Hall–Kier alpha value is -2.21. The number of allylic oxidation sites excluding steroid dienone is 1. The van der Waals surface area contributed by atoms with Gasteiger partial charge in [-0.1, -0.05) is 93.2 Å². The molecule has 1 aliphatic rings. The van der Waals surface area contributed by atoms with Gasteiger partial charge < -0.3 is 5.32 Å². The molecule has 2 heterocycles. The van der Waals surface area contributed by atoms with Gasteiger partial charge in [-0.25, -0.2) is 0 Å². The Balaban J connectivity index is 0.000000428. The van der Waals surface area contributed by atoms with Gasteiger partial charge in [0.15, 0.2) is 0 Å². The van der Waals surface area contributed by atoms with E-state index >= 15 is 0 Å². The molecule has 0 saturated heterocycles. The van der Waals surface area contributed by atoms with E-state index in [1.54, 1.807) is 34.9 Å². The summed E-state index contributed by atoms with van der Waals surface area (Å²) in [5.41, 5.74) is 5.08. The molecular weight excluding hydrogens is 561 g/mol. The Morgan fingerprint density at radius 3 is 2.42 bits per heavy atom. The summed E-state index contributed by atoms with van der Waals surface area (Å²) < 4.78 is 0.841. The Bertz CT molecular complexity index is 1270. The second-order valence-electron chi connectivity index (χ2n) is 7.74. The number of thiocarbonyl (C=S) groups is 1. The first-order valence-corrected chi connectivity index (χ1v) is 16.1. The highest BCUT2D eigenvalue weighted by Gasteiger charge is 2.35. The van der Waals surface area contributed by atoms with Crippen molar-refractivity contribution in [2.24, 2.45) is 0 Å². The van der Waals surface area contributed by atoms with Gasteiger partial charge in [0.1, 0.15) is 0 Å². The Morgan fingerprint density at radius 2 is 1.89 bits per heavy atom. The third-order valence-electron chi connectivity index (χ3n) is 5.18. The predicted molar refractivity (Wildman–Crippen MR) is 179 cm³/mol. The number of thiophene rings is 1. The van der Waals surface area contributed by atoms with Crippen LogP contribution in [0.3, 0.4) is 0 Å². The molecule has 198 valence electrons. The number of benzene rings is 2. The molecule has 1 atom stereocenters. The van der Waals surface area contributed by atoms with Crippen LogP contribution in [0.2, 0.25) is 0 Å². The van der Waals surface area contributed by atoms with Crippen LogP contribution in [0.1, 0.15) is 42.7 Å². The minimum Gasteiger partial charge on any atom is -0.349 e. The molecule has 0 saturated carbocycles. The molecule has 38 heavy (non-hydrogen) atoms. The standard InChI is InChI=1S/C22H20N2S4.C7H8S.C2H6/c1-3-12-28-21-16(14-23)18(17-11-8-13-27-17)19(22(25)26-4-2)20(24-21)15-9-6-5-7-10-15;1-6-3-2-4-7(8)5-6;1-2/h3,5-11,13,18,24H,1,4,12H2,2H3;2-5,8H,1H3;1-2H3. The van der Waals surface area contributed by atoms with E-state index in [-0.39, 0.29) is 5.92 Å². The molecular formula is C31H34N2S5. The van der Waals surface area contributed by atoms with Crippen LogP contribution in [-0.2, 0) is 0 Å². The third-order valence-corrected chi connectivity index (χ3v) is 8.76. The summed E-state index contributed by atoms with van der Waals surface area (Å²) in [4.78, 5) is 2.17. The minimum absolute atomic E-state index is 0.152. The maximum absolute atomic E-state index is 10.1. The lowest BCUT2D eigenvalue weighted by Crippen LogP contribution is -2.26. The summed E-state index contributed by atoms with van der Waals surface area (Å²) in [5.74, 6) is 1.47. The van der Waals surface area contributed by atoms with Crippen molar-refractivity contribution in [3.05, 3.63) is 117 Å². The minimum atomic E-state index is -0.152. The molecule has 4 rings (SSSR count). The van der Waals surface area contributed by atoms with Crippen molar-refractivity contribution in [1.82, 2.24) is 5.32 Å². The number of rotatable bonds is 7. The SMILES string of the molecule is C=CCSC1=C(C#N)C(c2cccs2)C(C(=S)SCC)=C(c2ccccc2)N1.CC.Cc1cccc(S)c1. The molecule has 2 aromatic carbocycles. The van der Waals surface area contributed by atoms with E-state index in [9.17, 15) is 5.26 Å². The number of hydrogen-bond donors (Lipinski definition) is 2. The monoisotopic (exact) mass is 594 g/mol. The van der Waals surface area contributed by atoms with E-state index in [1.165, 1.54) is 5.56 Å². The fourth-order valence-corrected chi connectivity index (χ4v) is 6.79. The predicted octanol–water partition coefficient (Wildman–Crippen LogP) is 9.89. The van der Waals surface area contributed by atoms with E-state index in [4.69, 9.17) is 12.2 Å². The van der Waals surface area contributed by atoms with Gasteiger partial charge in [0.2, 0.25) is 0 Å². The van der Waals surface area contributed by atoms with E-state index in [0.29, 0.717) is 0 Å². The first kappa shape index (κ1) is 32.0. The van der Waals surface area contributed by atoms with Gasteiger partial charge >= 0.3 is 0 Å². The molecule has 2 nitrogen and oxygen atoms in total. The number of thiol groups is 1. The molecule has 1 aromatic heterocycles. The van der Waals surface area contributed by atoms with E-state index in [2.05, 4.69) is 74.1 Å². The zero-order valence-corrected chi connectivity index (χ0v) is 26.4. The van der Waals surface area contributed by atoms with Crippen LogP contribution in [0.4, 0.5) is 0 Å². The quantitative estimate of drug-likeness (QED) is 0.162. The fraction of sp³-hybridized carbons (Fsp3) is 0.226. The molecule has 0 amide bonds. The first-order chi connectivity index (χ1) is 18.5. The molecule has 0 fully saturated rings. The number of dihydropyridines is 1. The molecule has 3 aromatic rings. The van der Waals surface area contributed by atoms with Crippen LogP contribution < -0.4 is 5.32 Å². The number of nitrogens with zero attached hydrogens (tertiary/aromatic N) is 1. The average Bonchev–Trinajstić information content (AvgIpc) is 3.47. The summed E-state index contributed by atoms with van der Waals surface area (Å²) in [5, 5.41) is 16.5. The van der Waals surface area contributed by atoms with Crippen molar-refractivity contribution in [2.45, 2.75) is 38.5 Å². The van der Waals surface area contributed by atoms with Crippen LogP contribution in [0.25, 0.3) is 5.70 Å². The highest BCUT2D eigenvalue weighted by atomic mass is 32.2. The molecule has 0 spiro atoms. The molecule has 0 aliphatic carbocycles. The van der Waals surface area contributed by atoms with Gasteiger partial charge in [0.05, 0.1) is 32.5 Å². The van der Waals surface area contributed by atoms with Crippen molar-refractivity contribution >= 4 is 69.6 Å². The van der Waals surface area contributed by atoms with Crippen molar-refractivity contribution in [3.8, 4) is 6.07 Å². The van der Waals surface area contributed by atoms with Crippen molar-refractivity contribution < 1.29 is 0 Å². The summed E-state index contributed by atoms with van der Waals surface area (Å²) in [6.45, 7) is 12.0. The van der Waals surface area contributed by atoms with Gasteiger partial charge in [-0.15, -0.1) is 54.1 Å². The van der Waals surface area contributed by atoms with Crippen LogP contribution in [0, 0.1) is 18.3 Å². The topological polar surface area (TPSA) is 35.8 Å². The number of nitrogens with one attached hydrogen (secondary N) is 1. The zero-order chi connectivity index (χ0) is 27.9. The van der Waals surface area contributed by atoms with Gasteiger partial charge in [-0.3, -0.25) is 0 Å². The third kappa shape index (κ3) is 8.93. The van der Waals surface area contributed by atoms with Crippen LogP contribution >= 0.6 is 59.7 Å². The Morgan fingerprint density at radius 1 is 1.16 bits per heavy atom. The van der Waals surface area contributed by atoms with Gasteiger partial charge in [-0.2, -0.15) is 5.26 Å². The lowest BCUT2D eigenvalue weighted by Gasteiger charge is -2.31. The highest BCUT2D eigenvalue weighted by molar-refractivity contribution is 8.23. The number of nitriles is 1. The van der Waals surface area contributed by atoms with Gasteiger partial charge in [0.25, 0.3) is 0 Å². The maximum Gasteiger partial charge on any atom is 0.0985 e. The second kappa shape index (κ2) is 17.4. The normalized spacial score (nSPS) is 14.3. The van der Waals surface area contributed by atoms with E-state index < -0.39 is 0 Å². The van der Waals surface area contributed by atoms with E-state index in [1.807, 2.05) is 62.4 Å². The van der Waals surface area contributed by atoms with Crippen LogP contribution in [0.5, 0.6) is 0 Å². The smallest absolute Gasteiger partial charge is 0.0985 e. The lowest BCUT2D eigenvalue weighted by molar-refractivity contribution is 0.948. The molecule has 1 N–H and O–H groups in total. The highest BCUT2D eigenvalue weighted by Crippen LogP contribution is 2.46. The molecule has 7 heteroatoms. The molecule has 1 unspecified atom stereocenters. The summed E-state index contributed by atoms with van der Waals surface area (Å²) in [6, 6.07) is 24.9.